The number of aliphatic hydroxyl groups excluding tert-OH is 4. The monoisotopic (exact) mass is 580 g/mol. The van der Waals surface area contributed by atoms with Crippen LogP contribution in [0.4, 0.5) is 0 Å². The summed E-state index contributed by atoms with van der Waals surface area (Å²) in [7, 11) is 5.82. The molecule has 0 amide bonds. The van der Waals surface area contributed by atoms with Gasteiger partial charge in [-0.2, -0.15) is 0 Å². The zero-order valence-corrected chi connectivity index (χ0v) is 23.1. The molecule has 5 N–H and O–H groups in total. The number of methoxy groups -OCH3 is 4. The molecule has 2 aromatic rings. The molecule has 3 aliphatic heterocycles. The number of ether oxygens (including phenoxy) is 8. The molecule has 0 saturated carbocycles. The van der Waals surface area contributed by atoms with Crippen LogP contribution in [-0.4, -0.2) is 104 Å². The number of phenolic OH excluding ortho intramolecular Hbond substituents is 1. The van der Waals surface area contributed by atoms with E-state index in [4.69, 9.17) is 37.9 Å². The Kier molecular flexibility index (Phi) is 8.66. The lowest BCUT2D eigenvalue weighted by molar-refractivity contribution is -0.277. The molecule has 226 valence electrons. The Balaban J connectivity index is 1.40. The predicted octanol–water partition coefficient (Wildman–Crippen LogP) is 0.680. The lowest BCUT2D eigenvalue weighted by Crippen LogP contribution is -2.60. The minimum absolute atomic E-state index is 0.000914. The fraction of sp³-hybridized carbons (Fsp3) is 0.571. The Hall–Kier alpha value is -3.04. The van der Waals surface area contributed by atoms with Crippen molar-refractivity contribution in [2.75, 3.05) is 48.3 Å². The molecule has 0 unspecified atom stereocenters. The zero-order chi connectivity index (χ0) is 29.4. The van der Waals surface area contributed by atoms with E-state index in [0.29, 0.717) is 13.2 Å². The van der Waals surface area contributed by atoms with E-state index in [-0.39, 0.29) is 58.5 Å². The highest BCUT2D eigenvalue weighted by molar-refractivity contribution is 5.55. The van der Waals surface area contributed by atoms with Crippen LogP contribution < -0.4 is 23.7 Å². The fourth-order valence-corrected chi connectivity index (χ4v) is 5.77. The number of benzene rings is 2. The van der Waals surface area contributed by atoms with Crippen molar-refractivity contribution in [2.24, 2.45) is 11.8 Å². The van der Waals surface area contributed by atoms with Gasteiger partial charge in [-0.25, -0.2) is 0 Å². The molecule has 0 aromatic heterocycles. The van der Waals surface area contributed by atoms with E-state index in [1.54, 1.807) is 24.3 Å². The summed E-state index contributed by atoms with van der Waals surface area (Å²) in [6.45, 7) is 0.241. The summed E-state index contributed by atoms with van der Waals surface area (Å²) < 4.78 is 45.7. The summed E-state index contributed by atoms with van der Waals surface area (Å²) in [5.74, 6) is 1.08. The second-order valence-electron chi connectivity index (χ2n) is 10.2. The minimum atomic E-state index is -1.61. The van der Waals surface area contributed by atoms with E-state index in [1.165, 1.54) is 28.4 Å². The third kappa shape index (κ3) is 5.23. The molecular formula is C28H36O13. The Labute approximate surface area is 236 Å². The standard InChI is InChI=1S/C28H36O13/c1-34-16-5-12(6-17(35-2)21(16)30)25-14-10-39-26(15(14)11-38-25)13-7-18(36-3)27(19(8-13)37-4)41-28-24(33)23(32)22(31)20(9-29)40-28/h5-8,14-15,20,22-26,28-33H,9-11H2,1-4H3/t14-,15+,20+,22+,23-,24+,25-,26-,28-/m1/s1. The summed E-state index contributed by atoms with van der Waals surface area (Å²) in [4.78, 5) is 0. The van der Waals surface area contributed by atoms with E-state index in [1.807, 2.05) is 0 Å². The maximum absolute atomic E-state index is 10.5. The van der Waals surface area contributed by atoms with Gasteiger partial charge in [-0.1, -0.05) is 0 Å². The average Bonchev–Trinajstić information content (AvgIpc) is 3.60. The summed E-state index contributed by atoms with van der Waals surface area (Å²) in [6, 6.07) is 6.93. The van der Waals surface area contributed by atoms with Crippen molar-refractivity contribution < 1.29 is 63.4 Å². The molecule has 3 saturated heterocycles. The number of hydrogen-bond donors (Lipinski definition) is 5. The van der Waals surface area contributed by atoms with E-state index < -0.39 is 37.3 Å². The quantitative estimate of drug-likeness (QED) is 0.280. The van der Waals surface area contributed by atoms with Crippen molar-refractivity contribution in [2.45, 2.75) is 42.9 Å². The molecule has 2 aromatic carbocycles. The van der Waals surface area contributed by atoms with Crippen molar-refractivity contribution in [3.63, 3.8) is 0 Å². The Bertz CT molecular complexity index is 1170. The van der Waals surface area contributed by atoms with Gasteiger partial charge in [-0.3, -0.25) is 0 Å². The highest BCUT2D eigenvalue weighted by Gasteiger charge is 2.49. The number of hydrogen-bond acceptors (Lipinski definition) is 13. The second-order valence-corrected chi connectivity index (χ2v) is 10.2. The maximum atomic E-state index is 10.5. The summed E-state index contributed by atoms with van der Waals surface area (Å²) in [5, 5.41) is 50.5. The Morgan fingerprint density at radius 1 is 0.707 bits per heavy atom. The Morgan fingerprint density at radius 2 is 1.17 bits per heavy atom. The first-order valence-corrected chi connectivity index (χ1v) is 13.2. The van der Waals surface area contributed by atoms with Gasteiger partial charge in [0, 0.05) is 11.8 Å². The zero-order valence-electron chi connectivity index (χ0n) is 23.1. The molecular weight excluding hydrogens is 544 g/mol. The average molecular weight is 581 g/mol. The molecule has 0 aliphatic carbocycles. The number of rotatable bonds is 9. The maximum Gasteiger partial charge on any atom is 0.229 e. The lowest BCUT2D eigenvalue weighted by Gasteiger charge is -2.39. The van der Waals surface area contributed by atoms with Gasteiger partial charge in [0.25, 0.3) is 0 Å². The molecule has 3 aliphatic rings. The van der Waals surface area contributed by atoms with Gasteiger partial charge in [0.15, 0.2) is 23.0 Å². The molecule has 0 spiro atoms. The smallest absolute Gasteiger partial charge is 0.229 e. The first kappa shape index (κ1) is 29.5. The third-order valence-electron chi connectivity index (χ3n) is 7.99. The van der Waals surface area contributed by atoms with Gasteiger partial charge < -0.3 is 63.4 Å². The van der Waals surface area contributed by atoms with E-state index in [0.717, 1.165) is 11.1 Å². The van der Waals surface area contributed by atoms with Gasteiger partial charge in [-0.05, 0) is 35.4 Å². The highest BCUT2D eigenvalue weighted by atomic mass is 16.7. The fourth-order valence-electron chi connectivity index (χ4n) is 5.77. The number of aromatic hydroxyl groups is 1. The van der Waals surface area contributed by atoms with Gasteiger partial charge in [0.05, 0.1) is 60.5 Å². The summed E-state index contributed by atoms with van der Waals surface area (Å²) >= 11 is 0. The largest absolute Gasteiger partial charge is 0.502 e. The second kappa shape index (κ2) is 12.1. The third-order valence-corrected chi connectivity index (χ3v) is 7.99. The molecule has 13 heteroatoms. The molecule has 0 bridgehead atoms. The van der Waals surface area contributed by atoms with Gasteiger partial charge in [-0.15, -0.1) is 0 Å². The van der Waals surface area contributed by atoms with Crippen molar-refractivity contribution in [1.82, 2.24) is 0 Å². The number of fused-ring (bicyclic) bond motifs is 1. The topological polar surface area (TPSA) is 175 Å². The van der Waals surface area contributed by atoms with Crippen molar-refractivity contribution in [1.29, 1.82) is 0 Å². The van der Waals surface area contributed by atoms with Crippen LogP contribution >= 0.6 is 0 Å². The van der Waals surface area contributed by atoms with Gasteiger partial charge in [0.1, 0.15) is 24.4 Å². The highest BCUT2D eigenvalue weighted by Crippen LogP contribution is 2.53. The first-order chi connectivity index (χ1) is 19.8. The summed E-state index contributed by atoms with van der Waals surface area (Å²) in [6.07, 6.45) is -7.96. The normalized spacial score (nSPS) is 32.8. The molecule has 3 fully saturated rings. The van der Waals surface area contributed by atoms with Crippen LogP contribution in [0.1, 0.15) is 23.3 Å². The Morgan fingerprint density at radius 3 is 1.61 bits per heavy atom. The number of aliphatic hydroxyl groups is 4. The first-order valence-electron chi connectivity index (χ1n) is 13.2. The van der Waals surface area contributed by atoms with E-state index in [9.17, 15) is 25.5 Å². The minimum Gasteiger partial charge on any atom is -0.502 e. The predicted molar refractivity (Wildman–Crippen MR) is 140 cm³/mol. The van der Waals surface area contributed by atoms with Crippen LogP contribution in [0.5, 0.6) is 34.5 Å². The summed E-state index contributed by atoms with van der Waals surface area (Å²) in [5.41, 5.74) is 1.55. The SMILES string of the molecule is COc1cc([C@H]2OC[C@H]3[C@H]2CO[C@@H]3c2cc(OC)c(O[C@H]3O[C@@H](CO)[C@H](O)[C@@H](O)[C@@H]3O)c(OC)c2)cc(OC)c1O. The van der Waals surface area contributed by atoms with Gasteiger partial charge >= 0.3 is 0 Å². The lowest BCUT2D eigenvalue weighted by atomic mass is 9.84. The van der Waals surface area contributed by atoms with E-state index >= 15 is 0 Å². The van der Waals surface area contributed by atoms with Crippen molar-refractivity contribution in [3.05, 3.63) is 35.4 Å². The van der Waals surface area contributed by atoms with E-state index in [2.05, 4.69) is 0 Å². The molecule has 9 atom stereocenters. The van der Waals surface area contributed by atoms with Crippen molar-refractivity contribution in [3.8, 4) is 34.5 Å². The van der Waals surface area contributed by atoms with Crippen LogP contribution in [0.3, 0.4) is 0 Å². The molecule has 41 heavy (non-hydrogen) atoms. The van der Waals surface area contributed by atoms with Crippen LogP contribution in [0.2, 0.25) is 0 Å². The number of phenols is 1. The molecule has 0 radical (unpaired) electrons. The van der Waals surface area contributed by atoms with Crippen LogP contribution in [-0.2, 0) is 14.2 Å². The van der Waals surface area contributed by atoms with Crippen molar-refractivity contribution >= 4 is 0 Å². The van der Waals surface area contributed by atoms with Crippen LogP contribution in [0.25, 0.3) is 0 Å². The van der Waals surface area contributed by atoms with Gasteiger partial charge in [0.2, 0.25) is 17.8 Å². The molecule has 3 heterocycles. The van der Waals surface area contributed by atoms with Crippen LogP contribution in [0.15, 0.2) is 24.3 Å². The molecule has 13 nitrogen and oxygen atoms in total. The molecule has 5 rings (SSSR count). The van der Waals surface area contributed by atoms with Crippen LogP contribution in [0, 0.1) is 11.8 Å².